The van der Waals surface area contributed by atoms with Crippen LogP contribution in [0.4, 0.5) is 0 Å². The Kier molecular flexibility index (Phi) is 2.89. The first kappa shape index (κ1) is 11.3. The average Bonchev–Trinajstić information content (AvgIpc) is 3.08. The van der Waals surface area contributed by atoms with Crippen LogP contribution in [0.1, 0.15) is 10.5 Å². The predicted molar refractivity (Wildman–Crippen MR) is 65.3 cm³/mol. The van der Waals surface area contributed by atoms with Crippen molar-refractivity contribution in [3.05, 3.63) is 42.9 Å². The molecule has 0 unspecified atom stereocenters. The molecule has 3 aromatic heterocycles. The van der Waals surface area contributed by atoms with Crippen molar-refractivity contribution in [2.24, 2.45) is 0 Å². The minimum Gasteiger partial charge on any atom is -0.349 e. The molecule has 0 radical (unpaired) electrons. The Morgan fingerprint density at radius 2 is 2.32 bits per heavy atom. The fraction of sp³-hybridized carbons (Fsp3) is 0.182. The minimum absolute atomic E-state index is 0.226. The van der Waals surface area contributed by atoms with Gasteiger partial charge in [-0.15, -0.1) is 0 Å². The first-order valence-corrected chi connectivity index (χ1v) is 5.74. The summed E-state index contributed by atoms with van der Waals surface area (Å²) in [4.78, 5) is 19.8. The molecular formula is C11H11N7O. The highest BCUT2D eigenvalue weighted by molar-refractivity contribution is 5.92. The molecule has 3 aromatic rings. The second-order valence-corrected chi connectivity index (χ2v) is 3.86. The van der Waals surface area contributed by atoms with Crippen molar-refractivity contribution in [3.8, 4) is 0 Å². The van der Waals surface area contributed by atoms with Gasteiger partial charge < -0.3 is 5.32 Å². The number of imidazole rings is 1. The molecule has 19 heavy (non-hydrogen) atoms. The third-order valence-corrected chi connectivity index (χ3v) is 2.58. The van der Waals surface area contributed by atoms with Gasteiger partial charge in [0.15, 0.2) is 5.65 Å². The van der Waals surface area contributed by atoms with E-state index >= 15 is 0 Å². The SMILES string of the molecule is O=C(NCCn1cncn1)c1ccc2nccn2n1. The van der Waals surface area contributed by atoms with Crippen molar-refractivity contribution in [2.45, 2.75) is 6.54 Å². The van der Waals surface area contributed by atoms with Crippen molar-refractivity contribution < 1.29 is 4.79 Å². The fourth-order valence-corrected chi connectivity index (χ4v) is 1.66. The maximum absolute atomic E-state index is 11.9. The lowest BCUT2D eigenvalue weighted by Crippen LogP contribution is -2.28. The third kappa shape index (κ3) is 2.41. The molecule has 96 valence electrons. The topological polar surface area (TPSA) is 90.0 Å². The average molecular weight is 257 g/mol. The molecule has 8 heteroatoms. The molecule has 0 fully saturated rings. The zero-order chi connectivity index (χ0) is 13.1. The van der Waals surface area contributed by atoms with Gasteiger partial charge in [0.1, 0.15) is 18.3 Å². The molecule has 0 aliphatic carbocycles. The van der Waals surface area contributed by atoms with Crippen LogP contribution < -0.4 is 5.32 Å². The second-order valence-electron chi connectivity index (χ2n) is 3.86. The third-order valence-electron chi connectivity index (χ3n) is 2.58. The number of rotatable bonds is 4. The molecule has 0 aromatic carbocycles. The molecule has 3 heterocycles. The van der Waals surface area contributed by atoms with E-state index in [4.69, 9.17) is 0 Å². The lowest BCUT2D eigenvalue weighted by atomic mass is 10.3. The van der Waals surface area contributed by atoms with Gasteiger partial charge in [0.2, 0.25) is 0 Å². The molecule has 0 aliphatic heterocycles. The van der Waals surface area contributed by atoms with Gasteiger partial charge in [-0.05, 0) is 12.1 Å². The number of aromatic nitrogens is 6. The summed E-state index contributed by atoms with van der Waals surface area (Å²) < 4.78 is 3.21. The Balaban J connectivity index is 1.63. The van der Waals surface area contributed by atoms with Crippen LogP contribution in [0, 0.1) is 0 Å². The zero-order valence-corrected chi connectivity index (χ0v) is 9.97. The van der Waals surface area contributed by atoms with E-state index in [9.17, 15) is 4.79 Å². The standard InChI is InChI=1S/C11H11N7O/c19-11(14-3-5-17-8-12-7-15-17)9-1-2-10-13-4-6-18(10)16-9/h1-2,4,6-8H,3,5H2,(H,14,19). The van der Waals surface area contributed by atoms with Crippen LogP contribution in [0.25, 0.3) is 5.65 Å². The molecule has 0 aliphatic rings. The first-order chi connectivity index (χ1) is 9.33. The van der Waals surface area contributed by atoms with E-state index in [1.807, 2.05) is 0 Å². The smallest absolute Gasteiger partial charge is 0.271 e. The molecule has 0 saturated carbocycles. The van der Waals surface area contributed by atoms with Crippen molar-refractivity contribution in [2.75, 3.05) is 6.54 Å². The summed E-state index contributed by atoms with van der Waals surface area (Å²) in [5.74, 6) is -0.226. The largest absolute Gasteiger partial charge is 0.349 e. The minimum atomic E-state index is -0.226. The summed E-state index contributed by atoms with van der Waals surface area (Å²) in [6, 6.07) is 3.40. The molecule has 0 spiro atoms. The Morgan fingerprint density at radius 3 is 3.16 bits per heavy atom. The summed E-state index contributed by atoms with van der Waals surface area (Å²) in [7, 11) is 0. The van der Waals surface area contributed by atoms with E-state index in [0.717, 1.165) is 0 Å². The Bertz CT molecular complexity index is 688. The lowest BCUT2D eigenvalue weighted by molar-refractivity contribution is 0.0945. The van der Waals surface area contributed by atoms with Crippen LogP contribution in [0.15, 0.2) is 37.2 Å². The zero-order valence-electron chi connectivity index (χ0n) is 9.97. The van der Waals surface area contributed by atoms with Crippen LogP contribution in [-0.4, -0.2) is 41.8 Å². The quantitative estimate of drug-likeness (QED) is 0.696. The number of carbonyl (C=O) groups is 1. The molecular weight excluding hydrogens is 246 g/mol. The molecule has 1 N–H and O–H groups in total. The number of nitrogens with one attached hydrogen (secondary N) is 1. The van der Waals surface area contributed by atoms with Crippen molar-refractivity contribution in [1.82, 2.24) is 34.7 Å². The van der Waals surface area contributed by atoms with Crippen LogP contribution in [0.2, 0.25) is 0 Å². The number of carbonyl (C=O) groups excluding carboxylic acids is 1. The summed E-state index contributed by atoms with van der Waals surface area (Å²) in [5.41, 5.74) is 1.06. The van der Waals surface area contributed by atoms with Gasteiger partial charge in [0.25, 0.3) is 5.91 Å². The highest BCUT2D eigenvalue weighted by Gasteiger charge is 2.07. The molecule has 0 bridgehead atoms. The van der Waals surface area contributed by atoms with Gasteiger partial charge in [-0.3, -0.25) is 9.48 Å². The molecule has 0 atom stereocenters. The van der Waals surface area contributed by atoms with Gasteiger partial charge in [-0.2, -0.15) is 10.2 Å². The Labute approximate surface area is 108 Å². The molecule has 0 saturated heterocycles. The summed E-state index contributed by atoms with van der Waals surface area (Å²) in [6.07, 6.45) is 6.38. The predicted octanol–water partition coefficient (Wildman–Crippen LogP) is -0.249. The normalized spacial score (nSPS) is 10.7. The van der Waals surface area contributed by atoms with Gasteiger partial charge in [0, 0.05) is 18.9 Å². The van der Waals surface area contributed by atoms with Crippen LogP contribution >= 0.6 is 0 Å². The Morgan fingerprint density at radius 1 is 1.37 bits per heavy atom. The van der Waals surface area contributed by atoms with Gasteiger partial charge >= 0.3 is 0 Å². The number of amides is 1. The highest BCUT2D eigenvalue weighted by Crippen LogP contribution is 2.00. The second kappa shape index (κ2) is 4.84. The van der Waals surface area contributed by atoms with E-state index in [1.165, 1.54) is 6.33 Å². The van der Waals surface area contributed by atoms with Crippen LogP contribution in [-0.2, 0) is 6.54 Å². The summed E-state index contributed by atoms with van der Waals surface area (Å²) >= 11 is 0. The van der Waals surface area contributed by atoms with E-state index in [2.05, 4.69) is 25.5 Å². The van der Waals surface area contributed by atoms with Crippen LogP contribution in [0.5, 0.6) is 0 Å². The van der Waals surface area contributed by atoms with Gasteiger partial charge in [-0.1, -0.05) is 0 Å². The number of hydrogen-bond acceptors (Lipinski definition) is 5. The van der Waals surface area contributed by atoms with E-state index < -0.39 is 0 Å². The van der Waals surface area contributed by atoms with Crippen molar-refractivity contribution in [1.29, 1.82) is 0 Å². The molecule has 1 amide bonds. The highest BCUT2D eigenvalue weighted by atomic mass is 16.1. The summed E-state index contributed by atoms with van der Waals surface area (Å²) in [5, 5.41) is 10.9. The number of fused-ring (bicyclic) bond motifs is 1. The van der Waals surface area contributed by atoms with E-state index in [0.29, 0.717) is 24.4 Å². The van der Waals surface area contributed by atoms with Crippen molar-refractivity contribution in [3.63, 3.8) is 0 Å². The Hall–Kier alpha value is -2.77. The number of nitrogens with zero attached hydrogens (tertiary/aromatic N) is 6. The van der Waals surface area contributed by atoms with Crippen LogP contribution in [0.3, 0.4) is 0 Å². The molecule has 8 nitrogen and oxygen atoms in total. The maximum atomic E-state index is 11.9. The van der Waals surface area contributed by atoms with E-state index in [-0.39, 0.29) is 5.91 Å². The summed E-state index contributed by atoms with van der Waals surface area (Å²) in [6.45, 7) is 1.03. The first-order valence-electron chi connectivity index (χ1n) is 5.74. The van der Waals surface area contributed by atoms with Crippen molar-refractivity contribution >= 4 is 11.6 Å². The van der Waals surface area contributed by atoms with Gasteiger partial charge in [-0.25, -0.2) is 14.5 Å². The fourth-order valence-electron chi connectivity index (χ4n) is 1.66. The maximum Gasteiger partial charge on any atom is 0.271 e. The molecule has 3 rings (SSSR count). The lowest BCUT2D eigenvalue weighted by Gasteiger charge is -2.04. The number of hydrogen-bond donors (Lipinski definition) is 1. The van der Waals surface area contributed by atoms with Gasteiger partial charge in [0.05, 0.1) is 6.54 Å². The van der Waals surface area contributed by atoms with E-state index in [1.54, 1.807) is 40.1 Å². The monoisotopic (exact) mass is 257 g/mol.